The number of benzene rings is 1. The maximum absolute atomic E-state index is 13.6. The summed E-state index contributed by atoms with van der Waals surface area (Å²) < 4.78 is 13.6. The van der Waals surface area contributed by atoms with Crippen LogP contribution in [0.15, 0.2) is 18.2 Å². The lowest BCUT2D eigenvalue weighted by atomic mass is 10.1. The molecule has 1 rings (SSSR count). The Kier molecular flexibility index (Phi) is 4.68. The summed E-state index contributed by atoms with van der Waals surface area (Å²) in [5, 5.41) is 3.26. The second kappa shape index (κ2) is 5.80. The van der Waals surface area contributed by atoms with E-state index in [1.165, 1.54) is 6.07 Å². The molecule has 0 bridgehead atoms. The quantitative estimate of drug-likeness (QED) is 0.777. The van der Waals surface area contributed by atoms with Crippen LogP contribution < -0.4 is 11.1 Å². The fourth-order valence-corrected chi connectivity index (χ4v) is 1.82. The third-order valence-electron chi connectivity index (χ3n) is 2.61. The molecule has 88 valence electrons. The summed E-state index contributed by atoms with van der Waals surface area (Å²) in [6.07, 6.45) is 1.95. The first kappa shape index (κ1) is 12.9. The van der Waals surface area contributed by atoms with Gasteiger partial charge >= 0.3 is 0 Å². The van der Waals surface area contributed by atoms with Crippen LogP contribution in [0, 0.1) is 5.82 Å². The van der Waals surface area contributed by atoms with E-state index in [4.69, 9.17) is 18.0 Å². The van der Waals surface area contributed by atoms with E-state index in [2.05, 4.69) is 19.2 Å². The molecule has 0 aliphatic carbocycles. The van der Waals surface area contributed by atoms with Crippen LogP contribution in [0.25, 0.3) is 0 Å². The molecule has 0 aliphatic heterocycles. The third-order valence-corrected chi connectivity index (χ3v) is 2.81. The molecule has 0 amide bonds. The fourth-order valence-electron chi connectivity index (χ4n) is 1.61. The molecule has 16 heavy (non-hydrogen) atoms. The smallest absolute Gasteiger partial charge is 0.135 e. The first-order chi connectivity index (χ1) is 7.60. The minimum Gasteiger partial charge on any atom is -0.389 e. The fraction of sp³-hybridized carbons (Fsp3) is 0.417. The molecule has 0 fully saturated rings. The predicted octanol–water partition coefficient (Wildman–Crippen LogP) is 3.06. The number of rotatable bonds is 5. The highest BCUT2D eigenvalue weighted by Gasteiger charge is 2.13. The van der Waals surface area contributed by atoms with Crippen LogP contribution in [0.2, 0.25) is 0 Å². The summed E-state index contributed by atoms with van der Waals surface area (Å²) in [5.41, 5.74) is 6.52. The summed E-state index contributed by atoms with van der Waals surface area (Å²) in [5.74, 6) is -0.372. The Hall–Kier alpha value is -1.16. The van der Waals surface area contributed by atoms with Gasteiger partial charge in [-0.2, -0.15) is 0 Å². The minimum atomic E-state index is -0.372. The zero-order valence-corrected chi connectivity index (χ0v) is 10.4. The van der Waals surface area contributed by atoms with Crippen molar-refractivity contribution in [1.29, 1.82) is 0 Å². The van der Waals surface area contributed by atoms with Crippen molar-refractivity contribution < 1.29 is 4.39 Å². The summed E-state index contributed by atoms with van der Waals surface area (Å²) in [4.78, 5) is 0.0894. The van der Waals surface area contributed by atoms with Gasteiger partial charge in [0, 0.05) is 11.7 Å². The Balaban J connectivity index is 3.03. The summed E-state index contributed by atoms with van der Waals surface area (Å²) in [6.45, 7) is 4.17. The number of halogens is 1. The predicted molar refractivity (Wildman–Crippen MR) is 70.3 cm³/mol. The Labute approximate surface area is 101 Å². The molecule has 4 heteroatoms. The number of anilines is 1. The molecule has 0 radical (unpaired) electrons. The van der Waals surface area contributed by atoms with Crippen molar-refractivity contribution in [3.8, 4) is 0 Å². The molecule has 0 saturated carbocycles. The molecule has 0 heterocycles. The van der Waals surface area contributed by atoms with Crippen molar-refractivity contribution in [3.63, 3.8) is 0 Å². The normalized spacial score (nSPS) is 10.5. The molecule has 0 unspecified atom stereocenters. The molecule has 1 aromatic carbocycles. The van der Waals surface area contributed by atoms with Gasteiger partial charge in [-0.3, -0.25) is 0 Å². The Morgan fingerprint density at radius 3 is 2.56 bits per heavy atom. The summed E-state index contributed by atoms with van der Waals surface area (Å²) in [7, 11) is 0. The molecule has 0 aromatic heterocycles. The van der Waals surface area contributed by atoms with Crippen LogP contribution in [0.3, 0.4) is 0 Å². The highest BCUT2D eigenvalue weighted by atomic mass is 32.1. The first-order valence-electron chi connectivity index (χ1n) is 5.45. The van der Waals surface area contributed by atoms with E-state index in [1.807, 2.05) is 0 Å². The van der Waals surface area contributed by atoms with Crippen LogP contribution in [0.4, 0.5) is 10.1 Å². The maximum atomic E-state index is 13.6. The van der Waals surface area contributed by atoms with Gasteiger partial charge in [-0.15, -0.1) is 0 Å². The zero-order valence-electron chi connectivity index (χ0n) is 9.59. The Bertz CT molecular complexity index is 375. The second-order valence-electron chi connectivity index (χ2n) is 3.68. The molecule has 2 nitrogen and oxygen atoms in total. The molecular weight excluding hydrogens is 223 g/mol. The molecular formula is C12H17FN2S. The molecule has 1 aromatic rings. The summed E-state index contributed by atoms with van der Waals surface area (Å²) >= 11 is 4.86. The van der Waals surface area contributed by atoms with Crippen LogP contribution >= 0.6 is 12.2 Å². The van der Waals surface area contributed by atoms with Gasteiger partial charge in [-0.25, -0.2) is 4.39 Å². The number of hydrogen-bond donors (Lipinski definition) is 2. The van der Waals surface area contributed by atoms with Crippen molar-refractivity contribution in [2.75, 3.05) is 5.32 Å². The van der Waals surface area contributed by atoms with E-state index in [-0.39, 0.29) is 10.8 Å². The van der Waals surface area contributed by atoms with Crippen LogP contribution in [0.5, 0.6) is 0 Å². The van der Waals surface area contributed by atoms with Gasteiger partial charge in [0.15, 0.2) is 0 Å². The molecule has 0 spiro atoms. The number of thiocarbonyl (C=S) groups is 1. The van der Waals surface area contributed by atoms with Crippen molar-refractivity contribution in [1.82, 2.24) is 0 Å². The van der Waals surface area contributed by atoms with Gasteiger partial charge in [-0.1, -0.05) is 32.1 Å². The van der Waals surface area contributed by atoms with Crippen LogP contribution in [-0.2, 0) is 0 Å². The highest BCUT2D eigenvalue weighted by Crippen LogP contribution is 2.20. The lowest BCUT2D eigenvalue weighted by Gasteiger charge is -2.18. The van der Waals surface area contributed by atoms with E-state index in [9.17, 15) is 4.39 Å². The average molecular weight is 240 g/mol. The molecule has 3 N–H and O–H groups in total. The van der Waals surface area contributed by atoms with E-state index >= 15 is 0 Å². The van der Waals surface area contributed by atoms with Crippen LogP contribution in [-0.4, -0.2) is 11.0 Å². The topological polar surface area (TPSA) is 38.0 Å². The van der Waals surface area contributed by atoms with Crippen molar-refractivity contribution in [2.24, 2.45) is 5.73 Å². The van der Waals surface area contributed by atoms with E-state index in [0.29, 0.717) is 17.3 Å². The lowest BCUT2D eigenvalue weighted by Crippen LogP contribution is -2.21. The maximum Gasteiger partial charge on any atom is 0.135 e. The van der Waals surface area contributed by atoms with Gasteiger partial charge in [0.1, 0.15) is 10.8 Å². The first-order valence-corrected chi connectivity index (χ1v) is 5.85. The number of nitrogens with one attached hydrogen (secondary N) is 1. The Morgan fingerprint density at radius 1 is 1.44 bits per heavy atom. The SMILES string of the molecule is CCC(CC)Nc1cccc(F)c1C(N)=S. The van der Waals surface area contributed by atoms with Crippen molar-refractivity contribution in [2.45, 2.75) is 32.7 Å². The third kappa shape index (κ3) is 2.92. The van der Waals surface area contributed by atoms with Gasteiger partial charge in [-0.05, 0) is 25.0 Å². The monoisotopic (exact) mass is 240 g/mol. The summed E-state index contributed by atoms with van der Waals surface area (Å²) in [6, 6.07) is 5.14. The second-order valence-corrected chi connectivity index (χ2v) is 4.12. The highest BCUT2D eigenvalue weighted by molar-refractivity contribution is 7.80. The minimum absolute atomic E-state index is 0.0894. The van der Waals surface area contributed by atoms with Gasteiger partial charge in [0.05, 0.1) is 5.56 Å². The van der Waals surface area contributed by atoms with Crippen LogP contribution in [0.1, 0.15) is 32.3 Å². The Morgan fingerprint density at radius 2 is 2.06 bits per heavy atom. The molecule has 0 atom stereocenters. The van der Waals surface area contributed by atoms with Crippen molar-refractivity contribution in [3.05, 3.63) is 29.6 Å². The van der Waals surface area contributed by atoms with Gasteiger partial charge < -0.3 is 11.1 Å². The largest absolute Gasteiger partial charge is 0.389 e. The average Bonchev–Trinajstić information content (AvgIpc) is 2.25. The standard InChI is InChI=1S/C12H17FN2S/c1-3-8(4-2)15-10-7-5-6-9(13)11(10)12(14)16/h5-8,15H,3-4H2,1-2H3,(H2,14,16). The zero-order chi connectivity index (χ0) is 12.1. The molecule has 0 saturated heterocycles. The van der Waals surface area contributed by atoms with Gasteiger partial charge in [0.25, 0.3) is 0 Å². The van der Waals surface area contributed by atoms with E-state index in [0.717, 1.165) is 12.8 Å². The van der Waals surface area contributed by atoms with Gasteiger partial charge in [0.2, 0.25) is 0 Å². The number of hydrogen-bond acceptors (Lipinski definition) is 2. The van der Waals surface area contributed by atoms with Crippen molar-refractivity contribution >= 4 is 22.9 Å². The lowest BCUT2D eigenvalue weighted by molar-refractivity contribution is 0.623. The van der Waals surface area contributed by atoms with E-state index < -0.39 is 0 Å². The number of nitrogens with two attached hydrogens (primary N) is 1. The van der Waals surface area contributed by atoms with E-state index in [1.54, 1.807) is 12.1 Å². The molecule has 0 aliphatic rings.